The van der Waals surface area contributed by atoms with Crippen molar-refractivity contribution >= 4 is 29.3 Å². The smallest absolute Gasteiger partial charge is 0.691 e. The van der Waals surface area contributed by atoms with Gasteiger partial charge in [-0.1, -0.05) is 57.6 Å². The molecule has 13 heteroatoms. The minimum atomic E-state index is -0.450. The van der Waals surface area contributed by atoms with Gasteiger partial charge in [-0.15, -0.1) is 10.2 Å². The van der Waals surface area contributed by atoms with Crippen LogP contribution in [0.1, 0.15) is 54.9 Å². The molecule has 0 radical (unpaired) electrons. The molecule has 0 atom stereocenters. The molecule has 0 aliphatic heterocycles. The third kappa shape index (κ3) is 8.44. The van der Waals surface area contributed by atoms with Crippen LogP contribution in [0.3, 0.4) is 0 Å². The maximum absolute atomic E-state index is 13.2. The third-order valence-corrected chi connectivity index (χ3v) is 6.84. The van der Waals surface area contributed by atoms with Gasteiger partial charge in [-0.05, 0) is 66.8 Å². The van der Waals surface area contributed by atoms with Gasteiger partial charge in [-0.2, -0.15) is 14.1 Å². The van der Waals surface area contributed by atoms with Crippen LogP contribution in [0.4, 0.5) is 11.4 Å². The Balaban J connectivity index is 0.00000506. The molecule has 4 aromatic rings. The predicted octanol–water partition coefficient (Wildman–Crippen LogP) is 6.94. The molecule has 0 saturated carbocycles. The molecule has 0 aliphatic rings. The fraction of sp³-hybridized carbons (Fsp3) is 0.267. The fourth-order valence-electron chi connectivity index (χ4n) is 4.05. The van der Waals surface area contributed by atoms with Gasteiger partial charge < -0.3 is 25.2 Å². The summed E-state index contributed by atoms with van der Waals surface area (Å²) < 4.78 is 11.4. The summed E-state index contributed by atoms with van der Waals surface area (Å²) >= 11 is 0.751. The van der Waals surface area contributed by atoms with E-state index in [1.54, 1.807) is 55.5 Å². The van der Waals surface area contributed by atoms with Gasteiger partial charge in [0, 0.05) is 10.5 Å². The number of aromatic nitrogens is 2. The number of amides is 1. The molecule has 0 unspecified atom stereocenters. The first-order valence-electron chi connectivity index (χ1n) is 13.1. The van der Waals surface area contributed by atoms with Crippen LogP contribution in [0.5, 0.6) is 11.6 Å². The van der Waals surface area contributed by atoms with E-state index in [1.165, 1.54) is 4.68 Å². The van der Waals surface area contributed by atoms with Crippen LogP contribution in [0, 0.1) is 6.92 Å². The van der Waals surface area contributed by atoms with Crippen molar-refractivity contribution < 1.29 is 46.3 Å². The first kappa shape index (κ1) is 33.8. The summed E-state index contributed by atoms with van der Waals surface area (Å²) in [5.74, 6) is 0.0109. The molecule has 230 valence electrons. The summed E-state index contributed by atoms with van der Waals surface area (Å²) in [5.41, 5.74) is 3.56. The van der Waals surface area contributed by atoms with Gasteiger partial charge in [-0.3, -0.25) is 5.04 Å². The SMILES string of the molecule is CCOc1ccc(C(C)(C)C)cc1C[N-]C(=O)c1ccccc1N=Nc1c(C)nn(-c2ccc(SOO[O-])cc2)c1O.[Cu+]. The van der Waals surface area contributed by atoms with E-state index in [4.69, 9.17) is 4.74 Å². The Hall–Kier alpha value is -3.71. The number of ether oxygens (including phenoxy) is 1. The summed E-state index contributed by atoms with van der Waals surface area (Å²) in [6, 6.07) is 19.4. The Kier molecular flexibility index (Phi) is 11.9. The standard InChI is InChI=1S/C30H33N5O6S.Cu/c1-6-39-26-16-11-21(30(3,4)5)17-20(26)18-31-28(36)24-9-7-8-10-25(24)32-33-27-19(2)34-35(29(27)37)22-12-14-23(15-13-22)42-41-40-38;/h7-17H,6,18H2,1-5H3,(H3,31,32,34,36,37,38);/q;+1/p-2. The van der Waals surface area contributed by atoms with Crippen LogP contribution in [-0.2, 0) is 38.4 Å². The number of nitrogens with zero attached hydrogens (tertiary/aromatic N) is 5. The predicted molar refractivity (Wildman–Crippen MR) is 156 cm³/mol. The molecule has 0 spiro atoms. The van der Waals surface area contributed by atoms with E-state index in [-0.39, 0.29) is 46.2 Å². The molecule has 1 N–H and O–H groups in total. The summed E-state index contributed by atoms with van der Waals surface area (Å²) in [5, 5.41) is 41.4. The molecular formula is C30H31CuN5O6S-. The van der Waals surface area contributed by atoms with Crippen molar-refractivity contribution in [1.29, 1.82) is 0 Å². The first-order chi connectivity index (χ1) is 20.1. The molecule has 0 fully saturated rings. The van der Waals surface area contributed by atoms with Crippen LogP contribution < -0.4 is 9.99 Å². The van der Waals surface area contributed by atoms with Crippen LogP contribution in [-0.4, -0.2) is 27.4 Å². The van der Waals surface area contributed by atoms with Crippen LogP contribution >= 0.6 is 12.0 Å². The molecule has 0 aliphatic carbocycles. The van der Waals surface area contributed by atoms with E-state index in [9.17, 15) is 15.2 Å². The van der Waals surface area contributed by atoms with Gasteiger partial charge in [0.25, 0.3) is 0 Å². The Labute approximate surface area is 264 Å². The normalized spacial score (nSPS) is 11.4. The van der Waals surface area contributed by atoms with Gasteiger partial charge in [0.15, 0.2) is 5.69 Å². The van der Waals surface area contributed by atoms with E-state index < -0.39 is 5.91 Å². The number of carbonyl (C=O) groups is 1. The summed E-state index contributed by atoms with van der Waals surface area (Å²) in [6.07, 6.45) is 0. The van der Waals surface area contributed by atoms with Gasteiger partial charge in [-0.25, -0.2) is 0 Å². The second kappa shape index (κ2) is 15.1. The molecule has 0 saturated heterocycles. The number of benzene rings is 3. The van der Waals surface area contributed by atoms with Crippen LogP contribution in [0.2, 0.25) is 0 Å². The maximum Gasteiger partial charge on any atom is 1.00 e. The van der Waals surface area contributed by atoms with Crippen molar-refractivity contribution in [2.24, 2.45) is 10.2 Å². The van der Waals surface area contributed by atoms with E-state index in [2.05, 4.69) is 50.8 Å². The Bertz CT molecular complexity index is 1570. The molecule has 1 aromatic heterocycles. The Morgan fingerprint density at radius 2 is 1.81 bits per heavy atom. The summed E-state index contributed by atoms with van der Waals surface area (Å²) in [4.78, 5) is 13.8. The first-order valence-corrected chi connectivity index (χ1v) is 13.9. The van der Waals surface area contributed by atoms with Crippen molar-refractivity contribution in [3.05, 3.63) is 94.4 Å². The minimum absolute atomic E-state index is 0. The zero-order valence-electron chi connectivity index (χ0n) is 24.2. The van der Waals surface area contributed by atoms with E-state index in [0.29, 0.717) is 34.3 Å². The topological polar surface area (TPSA) is 145 Å². The van der Waals surface area contributed by atoms with Crippen molar-refractivity contribution in [3.8, 4) is 17.3 Å². The molecule has 4 rings (SSSR count). The summed E-state index contributed by atoms with van der Waals surface area (Å²) in [7, 11) is 0. The van der Waals surface area contributed by atoms with Gasteiger partial charge in [0.2, 0.25) is 5.88 Å². The Morgan fingerprint density at radius 1 is 1.09 bits per heavy atom. The second-order valence-electron chi connectivity index (χ2n) is 10.2. The van der Waals surface area contributed by atoms with Crippen molar-refractivity contribution in [1.82, 2.24) is 9.78 Å². The van der Waals surface area contributed by atoms with E-state index >= 15 is 0 Å². The van der Waals surface area contributed by atoms with E-state index in [1.807, 2.05) is 25.1 Å². The molecule has 1 heterocycles. The molecule has 43 heavy (non-hydrogen) atoms. The zero-order chi connectivity index (χ0) is 30.3. The second-order valence-corrected chi connectivity index (χ2v) is 11.0. The largest absolute Gasteiger partial charge is 1.00 e. The number of hydrogen-bond acceptors (Lipinski definition) is 10. The van der Waals surface area contributed by atoms with Crippen molar-refractivity contribution in [2.75, 3.05) is 6.61 Å². The number of azo groups is 1. The van der Waals surface area contributed by atoms with Crippen molar-refractivity contribution in [2.45, 2.75) is 51.5 Å². The molecular weight excluding hydrogens is 622 g/mol. The maximum atomic E-state index is 13.2. The quantitative estimate of drug-likeness (QED) is 0.0603. The molecule has 11 nitrogen and oxygen atoms in total. The van der Waals surface area contributed by atoms with E-state index in [0.717, 1.165) is 23.2 Å². The van der Waals surface area contributed by atoms with Crippen molar-refractivity contribution in [3.63, 3.8) is 0 Å². The third-order valence-electron chi connectivity index (χ3n) is 6.26. The number of aryl methyl sites for hydroxylation is 1. The fourth-order valence-corrected chi connectivity index (χ4v) is 4.41. The van der Waals surface area contributed by atoms with Gasteiger partial charge in [0.05, 0.1) is 41.6 Å². The van der Waals surface area contributed by atoms with Crippen LogP contribution in [0.25, 0.3) is 11.0 Å². The van der Waals surface area contributed by atoms with Crippen LogP contribution in [0.15, 0.2) is 81.9 Å². The minimum Gasteiger partial charge on any atom is -0.691 e. The number of carbonyl (C=O) groups excluding carboxylic acids is 1. The molecule has 3 aromatic carbocycles. The number of hydrogen-bond donors (Lipinski definition) is 1. The number of aromatic hydroxyl groups is 1. The number of rotatable bonds is 11. The summed E-state index contributed by atoms with van der Waals surface area (Å²) in [6.45, 7) is 10.6. The van der Waals surface area contributed by atoms with Gasteiger partial charge in [0.1, 0.15) is 5.75 Å². The average molecular weight is 653 g/mol. The molecule has 1 amide bonds. The molecule has 0 bridgehead atoms. The monoisotopic (exact) mass is 652 g/mol. The zero-order valence-corrected chi connectivity index (χ0v) is 26.0. The Morgan fingerprint density at radius 3 is 2.49 bits per heavy atom. The van der Waals surface area contributed by atoms with Gasteiger partial charge >= 0.3 is 17.1 Å². The average Bonchev–Trinajstić information content (AvgIpc) is 3.26.